The van der Waals surface area contributed by atoms with E-state index in [1.165, 1.54) is 0 Å². The second-order valence-corrected chi connectivity index (χ2v) is 6.10. The van der Waals surface area contributed by atoms with Gasteiger partial charge in [0.25, 0.3) is 0 Å². The fraction of sp³-hybridized carbons (Fsp3) is 0.333. The highest BCUT2D eigenvalue weighted by atomic mass is 35.5. The highest BCUT2D eigenvalue weighted by molar-refractivity contribution is 6.30. The SMILES string of the molecule is Cc1cc(Cl)ccc1OCCCCOc1ccc(Cl)cc1C. The lowest BCUT2D eigenvalue weighted by molar-refractivity contribution is 0.265. The molecule has 2 aromatic carbocycles. The van der Waals surface area contributed by atoms with Crippen LogP contribution in [0.15, 0.2) is 36.4 Å². The molecule has 0 amide bonds. The maximum Gasteiger partial charge on any atom is 0.122 e. The van der Waals surface area contributed by atoms with Crippen LogP contribution < -0.4 is 9.47 Å². The molecule has 2 rings (SSSR count). The lowest BCUT2D eigenvalue weighted by Gasteiger charge is -2.11. The molecule has 0 aliphatic heterocycles. The first-order valence-electron chi connectivity index (χ1n) is 7.34. The number of halogens is 2. The topological polar surface area (TPSA) is 18.5 Å². The molecule has 0 bridgehead atoms. The molecule has 2 aromatic rings. The third-order valence-electron chi connectivity index (χ3n) is 3.33. The van der Waals surface area contributed by atoms with Crippen molar-refractivity contribution >= 4 is 23.2 Å². The Kier molecular flexibility index (Phi) is 6.41. The summed E-state index contributed by atoms with van der Waals surface area (Å²) in [5.74, 6) is 1.78. The maximum absolute atomic E-state index is 5.92. The number of unbranched alkanes of at least 4 members (excludes halogenated alkanes) is 1. The van der Waals surface area contributed by atoms with Crippen LogP contribution in [0.1, 0.15) is 24.0 Å². The van der Waals surface area contributed by atoms with E-state index < -0.39 is 0 Å². The molecular weight excluding hydrogens is 319 g/mol. The zero-order valence-electron chi connectivity index (χ0n) is 12.9. The molecule has 0 aliphatic rings. The normalized spacial score (nSPS) is 10.5. The summed E-state index contributed by atoms with van der Waals surface area (Å²) < 4.78 is 11.5. The van der Waals surface area contributed by atoms with Crippen molar-refractivity contribution in [3.05, 3.63) is 57.6 Å². The van der Waals surface area contributed by atoms with Crippen molar-refractivity contribution in [1.29, 1.82) is 0 Å². The minimum absolute atomic E-state index is 0.672. The largest absolute Gasteiger partial charge is 0.493 e. The van der Waals surface area contributed by atoms with Crippen LogP contribution in [-0.2, 0) is 0 Å². The summed E-state index contributed by atoms with van der Waals surface area (Å²) in [6.45, 7) is 5.33. The van der Waals surface area contributed by atoms with Crippen molar-refractivity contribution in [3.63, 3.8) is 0 Å². The zero-order chi connectivity index (χ0) is 15.9. The number of benzene rings is 2. The van der Waals surface area contributed by atoms with E-state index in [-0.39, 0.29) is 0 Å². The van der Waals surface area contributed by atoms with Gasteiger partial charge in [0, 0.05) is 10.0 Å². The molecule has 0 saturated carbocycles. The van der Waals surface area contributed by atoms with Crippen LogP contribution in [0.25, 0.3) is 0 Å². The Labute approximate surface area is 142 Å². The van der Waals surface area contributed by atoms with E-state index >= 15 is 0 Å². The average Bonchev–Trinajstić information content (AvgIpc) is 2.46. The molecular formula is C18H20Cl2O2. The summed E-state index contributed by atoms with van der Waals surface area (Å²) in [6.07, 6.45) is 1.88. The Morgan fingerprint density at radius 1 is 0.727 bits per heavy atom. The van der Waals surface area contributed by atoms with Crippen LogP contribution in [0.4, 0.5) is 0 Å². The molecule has 0 atom stereocenters. The second-order valence-electron chi connectivity index (χ2n) is 5.22. The summed E-state index contributed by atoms with van der Waals surface area (Å²) in [7, 11) is 0. The number of hydrogen-bond acceptors (Lipinski definition) is 2. The average molecular weight is 339 g/mol. The van der Waals surface area contributed by atoms with Gasteiger partial charge in [0.05, 0.1) is 13.2 Å². The molecule has 0 aromatic heterocycles. The van der Waals surface area contributed by atoms with Crippen LogP contribution in [-0.4, -0.2) is 13.2 Å². The van der Waals surface area contributed by atoms with Crippen molar-refractivity contribution in [2.45, 2.75) is 26.7 Å². The van der Waals surface area contributed by atoms with E-state index in [0.717, 1.165) is 45.5 Å². The predicted molar refractivity (Wildman–Crippen MR) is 92.6 cm³/mol. The van der Waals surface area contributed by atoms with Crippen molar-refractivity contribution in [2.75, 3.05) is 13.2 Å². The molecule has 0 saturated heterocycles. The van der Waals surface area contributed by atoms with Crippen LogP contribution in [0.3, 0.4) is 0 Å². The molecule has 0 heterocycles. The fourth-order valence-electron chi connectivity index (χ4n) is 2.12. The minimum Gasteiger partial charge on any atom is -0.493 e. The van der Waals surface area contributed by atoms with Crippen LogP contribution in [0, 0.1) is 13.8 Å². The van der Waals surface area contributed by atoms with Gasteiger partial charge >= 0.3 is 0 Å². The first-order chi connectivity index (χ1) is 10.6. The molecule has 2 nitrogen and oxygen atoms in total. The molecule has 22 heavy (non-hydrogen) atoms. The van der Waals surface area contributed by atoms with E-state index in [9.17, 15) is 0 Å². The molecule has 0 N–H and O–H groups in total. The first kappa shape index (κ1) is 17.0. The van der Waals surface area contributed by atoms with Crippen LogP contribution in [0.5, 0.6) is 11.5 Å². The number of rotatable bonds is 7. The Morgan fingerprint density at radius 3 is 1.50 bits per heavy atom. The third kappa shape index (κ3) is 5.11. The van der Waals surface area contributed by atoms with E-state index in [1.807, 2.05) is 50.2 Å². The highest BCUT2D eigenvalue weighted by Crippen LogP contribution is 2.23. The minimum atomic E-state index is 0.672. The van der Waals surface area contributed by atoms with Crippen molar-refractivity contribution in [3.8, 4) is 11.5 Å². The molecule has 0 fully saturated rings. The predicted octanol–water partition coefficient (Wildman–Crippen LogP) is 5.85. The fourth-order valence-corrected chi connectivity index (χ4v) is 2.57. The Hall–Kier alpha value is -1.38. The molecule has 0 aliphatic carbocycles. The lowest BCUT2D eigenvalue weighted by atomic mass is 10.2. The first-order valence-corrected chi connectivity index (χ1v) is 8.10. The number of hydrogen-bond donors (Lipinski definition) is 0. The molecule has 0 unspecified atom stereocenters. The number of ether oxygens (including phenoxy) is 2. The van der Waals surface area contributed by atoms with Gasteiger partial charge in [0.15, 0.2) is 0 Å². The van der Waals surface area contributed by atoms with Gasteiger partial charge in [-0.25, -0.2) is 0 Å². The van der Waals surface area contributed by atoms with E-state index in [0.29, 0.717) is 13.2 Å². The summed E-state index contributed by atoms with van der Waals surface area (Å²) in [4.78, 5) is 0. The summed E-state index contributed by atoms with van der Waals surface area (Å²) in [5.41, 5.74) is 2.11. The van der Waals surface area contributed by atoms with Crippen molar-refractivity contribution in [1.82, 2.24) is 0 Å². The molecule has 118 valence electrons. The smallest absolute Gasteiger partial charge is 0.122 e. The summed E-state index contributed by atoms with van der Waals surface area (Å²) in [6, 6.07) is 11.3. The van der Waals surface area contributed by atoms with Gasteiger partial charge in [-0.2, -0.15) is 0 Å². The van der Waals surface area contributed by atoms with Gasteiger partial charge in [-0.3, -0.25) is 0 Å². The molecule has 0 spiro atoms. The van der Waals surface area contributed by atoms with E-state index in [4.69, 9.17) is 32.7 Å². The van der Waals surface area contributed by atoms with Gasteiger partial charge in [-0.15, -0.1) is 0 Å². The summed E-state index contributed by atoms with van der Waals surface area (Å²) in [5, 5.41) is 1.47. The van der Waals surface area contributed by atoms with Gasteiger partial charge in [-0.05, 0) is 74.2 Å². The Bertz CT molecular complexity index is 571. The third-order valence-corrected chi connectivity index (χ3v) is 3.80. The highest BCUT2D eigenvalue weighted by Gasteiger charge is 2.02. The van der Waals surface area contributed by atoms with Crippen molar-refractivity contribution < 1.29 is 9.47 Å². The summed E-state index contributed by atoms with van der Waals surface area (Å²) >= 11 is 11.8. The van der Waals surface area contributed by atoms with E-state index in [1.54, 1.807) is 0 Å². The van der Waals surface area contributed by atoms with Crippen LogP contribution in [0.2, 0.25) is 10.0 Å². The van der Waals surface area contributed by atoms with Crippen molar-refractivity contribution in [2.24, 2.45) is 0 Å². The van der Waals surface area contributed by atoms with Gasteiger partial charge in [0.2, 0.25) is 0 Å². The van der Waals surface area contributed by atoms with Gasteiger partial charge < -0.3 is 9.47 Å². The monoisotopic (exact) mass is 338 g/mol. The molecule has 4 heteroatoms. The van der Waals surface area contributed by atoms with Gasteiger partial charge in [-0.1, -0.05) is 23.2 Å². The zero-order valence-corrected chi connectivity index (χ0v) is 14.4. The van der Waals surface area contributed by atoms with Gasteiger partial charge in [0.1, 0.15) is 11.5 Å². The maximum atomic E-state index is 5.92. The lowest BCUT2D eigenvalue weighted by Crippen LogP contribution is -2.03. The standard InChI is InChI=1S/C18H20Cl2O2/c1-13-11-15(19)5-7-17(13)21-9-3-4-10-22-18-8-6-16(20)12-14(18)2/h5-8,11-12H,3-4,9-10H2,1-2H3. The number of aryl methyl sites for hydroxylation is 2. The van der Waals surface area contributed by atoms with E-state index in [2.05, 4.69) is 0 Å². The van der Waals surface area contributed by atoms with Crippen LogP contribution >= 0.6 is 23.2 Å². The Morgan fingerprint density at radius 2 is 1.14 bits per heavy atom. The molecule has 0 radical (unpaired) electrons. The quantitative estimate of drug-likeness (QED) is 0.589. The Balaban J connectivity index is 1.67. The second kappa shape index (κ2) is 8.30.